The van der Waals surface area contributed by atoms with Gasteiger partial charge in [0, 0.05) is 48.5 Å². The topological polar surface area (TPSA) is 64.4 Å². The van der Waals surface area contributed by atoms with Gasteiger partial charge in [0.15, 0.2) is 5.75 Å². The molecule has 0 spiro atoms. The van der Waals surface area contributed by atoms with E-state index in [1.807, 2.05) is 0 Å². The van der Waals surface area contributed by atoms with Gasteiger partial charge in [0.1, 0.15) is 29.8 Å². The molecule has 3 aromatic rings. The summed E-state index contributed by atoms with van der Waals surface area (Å²) in [6, 6.07) is 3.19. The second kappa shape index (κ2) is 8.01. The number of benzene rings is 2. The number of anilines is 1. The van der Waals surface area contributed by atoms with Crippen molar-refractivity contribution in [2.24, 2.45) is 11.8 Å². The number of nitrogens with zero attached hydrogens (tertiary/aromatic N) is 3. The maximum Gasteiger partial charge on any atom is 0.417 e. The van der Waals surface area contributed by atoms with Crippen molar-refractivity contribution >= 4 is 22.5 Å². The van der Waals surface area contributed by atoms with Crippen LogP contribution in [-0.4, -0.2) is 35.0 Å². The summed E-state index contributed by atoms with van der Waals surface area (Å²) in [6.07, 6.45) is -3.30. The molecule has 6 nitrogen and oxygen atoms in total. The average Bonchev–Trinajstić information content (AvgIpc) is 2.80. The third kappa shape index (κ3) is 3.63. The molecular weight excluding hydrogens is 485 g/mol. The van der Waals surface area contributed by atoms with Gasteiger partial charge >= 0.3 is 11.9 Å². The fraction of sp³-hybridized carbons (Fsp3) is 0.400. The van der Waals surface area contributed by atoms with Gasteiger partial charge in [0.05, 0.1) is 17.6 Å². The van der Waals surface area contributed by atoms with Gasteiger partial charge in [-0.3, -0.25) is 9.36 Å². The number of piperidine rings is 1. The number of Topliss-reactive ketones (excluding diaryl/α,β-unsaturated/α-hetero) is 1. The molecule has 3 heterocycles. The molecule has 2 fully saturated rings. The SMILES string of the molecule is O=C1CC2CC(C1)CN(c1nc(=O)n3c4c(c(-c5ccc(F)cc5F)c(C(F)(F)F)cc14)OCC3)C2. The number of aromatic nitrogens is 2. The maximum atomic E-state index is 14.8. The number of carbonyl (C=O) groups excluding carboxylic acids is 1. The van der Waals surface area contributed by atoms with Gasteiger partial charge in [0.2, 0.25) is 0 Å². The summed E-state index contributed by atoms with van der Waals surface area (Å²) in [5.41, 5.74) is -2.79. The fourth-order valence-electron chi connectivity index (χ4n) is 5.92. The second-order valence-electron chi connectivity index (χ2n) is 9.68. The predicted octanol–water partition coefficient (Wildman–Crippen LogP) is 4.56. The van der Waals surface area contributed by atoms with E-state index in [0.29, 0.717) is 32.0 Å². The summed E-state index contributed by atoms with van der Waals surface area (Å²) < 4.78 is 78.4. The number of carbonyl (C=O) groups is 1. The molecule has 1 saturated heterocycles. The highest BCUT2D eigenvalue weighted by Gasteiger charge is 2.40. The Hall–Kier alpha value is -3.50. The minimum Gasteiger partial charge on any atom is -0.489 e. The molecule has 2 unspecified atom stereocenters. The van der Waals surface area contributed by atoms with Crippen molar-refractivity contribution in [1.29, 1.82) is 0 Å². The number of rotatable bonds is 2. The lowest BCUT2D eigenvalue weighted by atomic mass is 9.77. The van der Waals surface area contributed by atoms with Crippen LogP contribution < -0.4 is 15.3 Å². The monoisotopic (exact) mass is 505 g/mol. The van der Waals surface area contributed by atoms with Crippen LogP contribution in [0.5, 0.6) is 5.75 Å². The molecule has 2 bridgehead atoms. The van der Waals surface area contributed by atoms with Gasteiger partial charge in [-0.05, 0) is 36.5 Å². The number of hydrogen-bond donors (Lipinski definition) is 0. The Bertz CT molecular complexity index is 1470. The molecule has 188 valence electrons. The van der Waals surface area contributed by atoms with E-state index < -0.39 is 40.2 Å². The Morgan fingerprint density at radius 1 is 1.03 bits per heavy atom. The number of ketones is 1. The standard InChI is InChI=1S/C25H20F5N3O3/c26-14-1-2-16(19(27)8-14)20-18(25(28,29)30)9-17-21-22(20)36-4-3-33(21)24(35)31-23(17)32-10-12-5-13(11-32)7-15(34)6-12/h1-2,8-9,12-13H,3-7,10-11H2. The molecule has 1 aliphatic carbocycles. The van der Waals surface area contributed by atoms with E-state index in [9.17, 15) is 31.5 Å². The second-order valence-corrected chi connectivity index (χ2v) is 9.68. The normalized spacial score (nSPS) is 21.6. The van der Waals surface area contributed by atoms with E-state index in [0.717, 1.165) is 24.6 Å². The molecule has 0 amide bonds. The van der Waals surface area contributed by atoms with Crippen LogP contribution in [-0.2, 0) is 17.5 Å². The fourth-order valence-corrected chi connectivity index (χ4v) is 5.92. The van der Waals surface area contributed by atoms with Crippen molar-refractivity contribution in [2.45, 2.75) is 32.0 Å². The Labute approximate surface area is 201 Å². The number of ether oxygens (including phenoxy) is 1. The van der Waals surface area contributed by atoms with Gasteiger partial charge in [-0.1, -0.05) is 0 Å². The van der Waals surface area contributed by atoms with E-state index in [2.05, 4.69) is 4.98 Å². The zero-order valence-electron chi connectivity index (χ0n) is 18.9. The predicted molar refractivity (Wildman–Crippen MR) is 120 cm³/mol. The minimum absolute atomic E-state index is 0.0302. The lowest BCUT2D eigenvalue weighted by Gasteiger charge is -2.41. The van der Waals surface area contributed by atoms with Gasteiger partial charge in [0.25, 0.3) is 0 Å². The summed E-state index contributed by atoms with van der Waals surface area (Å²) in [5.74, 6) is -2.08. The average molecular weight is 505 g/mol. The van der Waals surface area contributed by atoms with Crippen LogP contribution in [0.15, 0.2) is 29.1 Å². The smallest absolute Gasteiger partial charge is 0.417 e. The Balaban J connectivity index is 1.64. The molecule has 2 aromatic carbocycles. The molecule has 36 heavy (non-hydrogen) atoms. The van der Waals surface area contributed by atoms with E-state index in [4.69, 9.17) is 4.74 Å². The van der Waals surface area contributed by atoms with Crippen LogP contribution in [0.2, 0.25) is 0 Å². The van der Waals surface area contributed by atoms with E-state index >= 15 is 0 Å². The molecule has 0 radical (unpaired) electrons. The van der Waals surface area contributed by atoms with Crippen molar-refractivity contribution < 1.29 is 31.5 Å². The highest BCUT2D eigenvalue weighted by atomic mass is 19.4. The van der Waals surface area contributed by atoms with Crippen LogP contribution in [0.25, 0.3) is 22.0 Å². The van der Waals surface area contributed by atoms with Gasteiger partial charge in [-0.15, -0.1) is 0 Å². The number of halogens is 5. The van der Waals surface area contributed by atoms with Crippen molar-refractivity contribution in [1.82, 2.24) is 9.55 Å². The largest absolute Gasteiger partial charge is 0.489 e. The molecule has 2 aliphatic heterocycles. The first-order valence-corrected chi connectivity index (χ1v) is 11.6. The molecule has 0 N–H and O–H groups in total. The first kappa shape index (κ1) is 22.9. The summed E-state index contributed by atoms with van der Waals surface area (Å²) in [5, 5.41) is 0.0641. The molecule has 11 heteroatoms. The highest BCUT2D eigenvalue weighted by molar-refractivity contribution is 6.00. The summed E-state index contributed by atoms with van der Waals surface area (Å²) in [6.45, 7) is 0.724. The van der Waals surface area contributed by atoms with Crippen molar-refractivity contribution in [2.75, 3.05) is 24.6 Å². The first-order chi connectivity index (χ1) is 17.1. The minimum atomic E-state index is -4.91. The molecule has 1 saturated carbocycles. The molecular formula is C25H20F5N3O3. The lowest BCUT2D eigenvalue weighted by molar-refractivity contribution is -0.137. The Kier molecular flexibility index (Phi) is 5.10. The zero-order valence-corrected chi connectivity index (χ0v) is 18.9. The summed E-state index contributed by atoms with van der Waals surface area (Å²) in [4.78, 5) is 31.0. The first-order valence-electron chi connectivity index (χ1n) is 11.6. The van der Waals surface area contributed by atoms with E-state index in [1.54, 1.807) is 4.90 Å². The van der Waals surface area contributed by atoms with E-state index in [-0.39, 0.29) is 53.2 Å². The molecule has 6 rings (SSSR count). The van der Waals surface area contributed by atoms with Gasteiger partial charge in [-0.2, -0.15) is 18.2 Å². The Morgan fingerprint density at radius 3 is 2.42 bits per heavy atom. The van der Waals surface area contributed by atoms with Crippen molar-refractivity contribution in [3.8, 4) is 16.9 Å². The van der Waals surface area contributed by atoms with Crippen molar-refractivity contribution in [3.63, 3.8) is 0 Å². The third-order valence-corrected chi connectivity index (χ3v) is 7.22. The Morgan fingerprint density at radius 2 is 1.75 bits per heavy atom. The summed E-state index contributed by atoms with van der Waals surface area (Å²) >= 11 is 0. The third-order valence-electron chi connectivity index (χ3n) is 7.22. The van der Waals surface area contributed by atoms with E-state index in [1.165, 1.54) is 4.57 Å². The van der Waals surface area contributed by atoms with Gasteiger partial charge in [-0.25, -0.2) is 13.6 Å². The lowest BCUT2D eigenvalue weighted by Crippen LogP contribution is -2.46. The molecule has 1 aromatic heterocycles. The van der Waals surface area contributed by atoms with Crippen LogP contribution in [0, 0.1) is 23.5 Å². The number of hydrogen-bond acceptors (Lipinski definition) is 5. The van der Waals surface area contributed by atoms with Gasteiger partial charge < -0.3 is 9.64 Å². The quantitative estimate of drug-likeness (QED) is 0.478. The summed E-state index contributed by atoms with van der Waals surface area (Å²) in [7, 11) is 0. The van der Waals surface area contributed by atoms with Crippen LogP contribution >= 0.6 is 0 Å². The maximum absolute atomic E-state index is 14.8. The number of fused-ring (bicyclic) bond motifs is 2. The zero-order chi connectivity index (χ0) is 25.4. The van der Waals surface area contributed by atoms with Crippen LogP contribution in [0.3, 0.4) is 0 Å². The molecule has 3 aliphatic rings. The highest BCUT2D eigenvalue weighted by Crippen LogP contribution is 2.49. The number of alkyl halides is 3. The van der Waals surface area contributed by atoms with Crippen LogP contribution in [0.1, 0.15) is 24.8 Å². The molecule has 2 atom stereocenters. The van der Waals surface area contributed by atoms with Crippen molar-refractivity contribution in [3.05, 3.63) is 51.9 Å². The van der Waals surface area contributed by atoms with Crippen LogP contribution in [0.4, 0.5) is 27.8 Å².